The van der Waals surface area contributed by atoms with Gasteiger partial charge >= 0.3 is 0 Å². The van der Waals surface area contributed by atoms with Crippen molar-refractivity contribution < 1.29 is 19.1 Å². The van der Waals surface area contributed by atoms with E-state index in [9.17, 15) is 14.4 Å². The van der Waals surface area contributed by atoms with Crippen LogP contribution in [0.15, 0.2) is 24.3 Å². The number of nitrogens with zero attached hydrogens (tertiary/aromatic N) is 1. The third kappa shape index (κ3) is 5.99. The summed E-state index contributed by atoms with van der Waals surface area (Å²) in [7, 11) is 0. The molecule has 1 aromatic rings. The van der Waals surface area contributed by atoms with Gasteiger partial charge in [-0.2, -0.15) is 0 Å². The molecule has 1 aromatic carbocycles. The Balaban J connectivity index is 1.64. The van der Waals surface area contributed by atoms with Gasteiger partial charge in [-0.15, -0.1) is 0 Å². The Morgan fingerprint density at radius 3 is 2.58 bits per heavy atom. The molecule has 0 atom stereocenters. The molecule has 140 valence electrons. The number of rotatable bonds is 8. The van der Waals surface area contributed by atoms with Crippen molar-refractivity contribution in [3.8, 4) is 5.75 Å². The quantitative estimate of drug-likeness (QED) is 0.397. The number of hydrogen-bond donors (Lipinski definition) is 2. The summed E-state index contributed by atoms with van der Waals surface area (Å²) < 4.78 is 5.91. The first-order valence-electron chi connectivity index (χ1n) is 8.30. The van der Waals surface area contributed by atoms with Gasteiger partial charge in [0, 0.05) is 18.5 Å². The second-order valence-electron chi connectivity index (χ2n) is 5.52. The zero-order chi connectivity index (χ0) is 18.9. The standard InChI is InChI=1S/C17H21N3O4S2/c1-2-24-13-8-6-12(7-9-13)16(23)19-18-14(21)5-3-4-10-20-15(22)11-26-17(20)25/h6-9H,2-5,10-11H2,1H3,(H,18,21)(H,19,23). The molecule has 0 aromatic heterocycles. The Labute approximate surface area is 161 Å². The van der Waals surface area contributed by atoms with Crippen LogP contribution in [0.3, 0.4) is 0 Å². The monoisotopic (exact) mass is 395 g/mol. The zero-order valence-electron chi connectivity index (χ0n) is 14.4. The second kappa shape index (κ2) is 10.1. The fraction of sp³-hybridized carbons (Fsp3) is 0.412. The Morgan fingerprint density at radius 1 is 1.23 bits per heavy atom. The average molecular weight is 396 g/mol. The van der Waals surface area contributed by atoms with E-state index in [4.69, 9.17) is 17.0 Å². The number of benzene rings is 1. The maximum absolute atomic E-state index is 12.0. The van der Waals surface area contributed by atoms with Gasteiger partial charge < -0.3 is 4.74 Å². The first kappa shape index (κ1) is 20.2. The minimum absolute atomic E-state index is 0.0204. The van der Waals surface area contributed by atoms with Crippen molar-refractivity contribution in [2.24, 2.45) is 0 Å². The number of hydrazine groups is 1. The number of amides is 3. The highest BCUT2D eigenvalue weighted by Gasteiger charge is 2.25. The molecule has 0 radical (unpaired) electrons. The minimum Gasteiger partial charge on any atom is -0.494 e. The van der Waals surface area contributed by atoms with E-state index in [0.717, 1.165) is 0 Å². The number of ether oxygens (including phenoxy) is 1. The maximum atomic E-state index is 12.0. The highest BCUT2D eigenvalue weighted by atomic mass is 32.2. The van der Waals surface area contributed by atoms with Crippen molar-refractivity contribution in [1.29, 1.82) is 0 Å². The lowest BCUT2D eigenvalue weighted by Gasteiger charge is -2.14. The van der Waals surface area contributed by atoms with Gasteiger partial charge in [0.05, 0.1) is 12.4 Å². The molecule has 2 rings (SSSR count). The summed E-state index contributed by atoms with van der Waals surface area (Å²) in [5.74, 6) is 0.423. The zero-order valence-corrected chi connectivity index (χ0v) is 16.1. The highest BCUT2D eigenvalue weighted by molar-refractivity contribution is 8.23. The van der Waals surface area contributed by atoms with Crippen LogP contribution in [0.25, 0.3) is 0 Å². The number of thioether (sulfide) groups is 1. The molecule has 1 saturated heterocycles. The summed E-state index contributed by atoms with van der Waals surface area (Å²) in [6, 6.07) is 6.64. The molecule has 0 spiro atoms. The van der Waals surface area contributed by atoms with E-state index in [1.54, 1.807) is 29.2 Å². The third-order valence-electron chi connectivity index (χ3n) is 3.62. The lowest BCUT2D eigenvalue weighted by atomic mass is 10.2. The van der Waals surface area contributed by atoms with Crippen LogP contribution in [-0.2, 0) is 9.59 Å². The summed E-state index contributed by atoms with van der Waals surface area (Å²) in [6.07, 6.45) is 1.53. The van der Waals surface area contributed by atoms with Crippen LogP contribution in [0.2, 0.25) is 0 Å². The van der Waals surface area contributed by atoms with Gasteiger partial charge in [-0.1, -0.05) is 24.0 Å². The summed E-state index contributed by atoms with van der Waals surface area (Å²) in [4.78, 5) is 36.9. The van der Waals surface area contributed by atoms with Gasteiger partial charge in [0.1, 0.15) is 10.1 Å². The molecule has 0 aliphatic carbocycles. The van der Waals surface area contributed by atoms with Crippen molar-refractivity contribution in [2.45, 2.75) is 26.2 Å². The topological polar surface area (TPSA) is 87.7 Å². The SMILES string of the molecule is CCOc1ccc(C(=O)NNC(=O)CCCCN2C(=O)CSC2=S)cc1. The smallest absolute Gasteiger partial charge is 0.269 e. The normalized spacial score (nSPS) is 13.7. The van der Waals surface area contributed by atoms with Gasteiger partial charge in [0.2, 0.25) is 11.8 Å². The van der Waals surface area contributed by atoms with Crippen LogP contribution in [0.1, 0.15) is 36.5 Å². The summed E-state index contributed by atoms with van der Waals surface area (Å²) in [5, 5.41) is 0. The molecule has 1 heterocycles. The Kier molecular flexibility index (Phi) is 7.86. The number of carbonyl (C=O) groups is 3. The molecule has 0 saturated carbocycles. The predicted octanol–water partition coefficient (Wildman–Crippen LogP) is 1.88. The number of nitrogens with one attached hydrogen (secondary N) is 2. The molecule has 3 amide bonds. The van der Waals surface area contributed by atoms with Crippen molar-refractivity contribution in [2.75, 3.05) is 18.9 Å². The van der Waals surface area contributed by atoms with E-state index in [1.165, 1.54) is 11.8 Å². The Hall–Kier alpha value is -2.13. The van der Waals surface area contributed by atoms with Gasteiger partial charge in [-0.3, -0.25) is 30.1 Å². The summed E-state index contributed by atoms with van der Waals surface area (Å²) in [6.45, 7) is 2.96. The number of carbonyl (C=O) groups excluding carboxylic acids is 3. The van der Waals surface area contributed by atoms with Crippen molar-refractivity contribution in [3.05, 3.63) is 29.8 Å². The molecular formula is C17H21N3O4S2. The van der Waals surface area contributed by atoms with E-state index < -0.39 is 5.91 Å². The predicted molar refractivity (Wildman–Crippen MR) is 104 cm³/mol. The number of hydrogen-bond acceptors (Lipinski definition) is 6. The molecule has 9 heteroatoms. The van der Waals surface area contributed by atoms with E-state index in [2.05, 4.69) is 10.9 Å². The largest absolute Gasteiger partial charge is 0.494 e. The van der Waals surface area contributed by atoms with E-state index >= 15 is 0 Å². The van der Waals surface area contributed by atoms with Crippen LogP contribution >= 0.6 is 24.0 Å². The van der Waals surface area contributed by atoms with Crippen LogP contribution in [-0.4, -0.2) is 45.8 Å². The molecule has 1 fully saturated rings. The van der Waals surface area contributed by atoms with Crippen molar-refractivity contribution >= 4 is 46.0 Å². The first-order chi connectivity index (χ1) is 12.5. The maximum Gasteiger partial charge on any atom is 0.269 e. The lowest BCUT2D eigenvalue weighted by Crippen LogP contribution is -2.41. The molecule has 7 nitrogen and oxygen atoms in total. The average Bonchev–Trinajstić information content (AvgIpc) is 2.96. The van der Waals surface area contributed by atoms with Crippen LogP contribution < -0.4 is 15.6 Å². The molecule has 1 aliphatic heterocycles. The third-order valence-corrected chi connectivity index (χ3v) is 5.05. The molecule has 26 heavy (non-hydrogen) atoms. The molecular weight excluding hydrogens is 374 g/mol. The molecule has 0 bridgehead atoms. The summed E-state index contributed by atoms with van der Waals surface area (Å²) in [5.41, 5.74) is 5.19. The first-order valence-corrected chi connectivity index (χ1v) is 9.69. The van der Waals surface area contributed by atoms with E-state index in [0.29, 0.717) is 47.4 Å². The van der Waals surface area contributed by atoms with Crippen molar-refractivity contribution in [3.63, 3.8) is 0 Å². The Bertz CT molecular complexity index is 663. The van der Waals surface area contributed by atoms with Crippen LogP contribution in [0, 0.1) is 0 Å². The number of unbranched alkanes of at least 4 members (excludes halogenated alkanes) is 1. The number of thiocarbonyl (C=S) groups is 1. The lowest BCUT2D eigenvalue weighted by molar-refractivity contribution is -0.124. The molecule has 0 unspecified atom stereocenters. The van der Waals surface area contributed by atoms with Gasteiger partial charge in [0.25, 0.3) is 5.91 Å². The minimum atomic E-state index is -0.397. The fourth-order valence-corrected chi connectivity index (χ4v) is 3.40. The second-order valence-corrected chi connectivity index (χ2v) is 7.13. The molecule has 1 aliphatic rings. The van der Waals surface area contributed by atoms with Gasteiger partial charge in [-0.25, -0.2) is 0 Å². The highest BCUT2D eigenvalue weighted by Crippen LogP contribution is 2.19. The molecule has 2 N–H and O–H groups in total. The van der Waals surface area contributed by atoms with E-state index in [1.807, 2.05) is 6.92 Å². The van der Waals surface area contributed by atoms with Gasteiger partial charge in [0.15, 0.2) is 0 Å². The van der Waals surface area contributed by atoms with Crippen LogP contribution in [0.4, 0.5) is 0 Å². The Morgan fingerprint density at radius 2 is 1.96 bits per heavy atom. The van der Waals surface area contributed by atoms with E-state index in [-0.39, 0.29) is 18.2 Å². The summed E-state index contributed by atoms with van der Waals surface area (Å²) >= 11 is 6.46. The fourth-order valence-electron chi connectivity index (χ4n) is 2.28. The van der Waals surface area contributed by atoms with Gasteiger partial charge in [-0.05, 0) is 44.0 Å². The van der Waals surface area contributed by atoms with Crippen molar-refractivity contribution in [1.82, 2.24) is 15.8 Å². The van der Waals surface area contributed by atoms with Crippen LogP contribution in [0.5, 0.6) is 5.75 Å².